The summed E-state index contributed by atoms with van der Waals surface area (Å²) in [6.07, 6.45) is 4.78. The molecule has 2 fully saturated rings. The van der Waals surface area contributed by atoms with Gasteiger partial charge in [0.05, 0.1) is 19.1 Å². The summed E-state index contributed by atoms with van der Waals surface area (Å²) in [6, 6.07) is 5.21. The van der Waals surface area contributed by atoms with E-state index in [1.165, 1.54) is 14.2 Å². The fourth-order valence-electron chi connectivity index (χ4n) is 3.81. The number of hydrogen-bond donors (Lipinski definition) is 1. The van der Waals surface area contributed by atoms with Gasteiger partial charge in [0, 0.05) is 24.8 Å². The highest BCUT2D eigenvalue weighted by molar-refractivity contribution is 8.18. The number of piperidine rings is 1. The Bertz CT molecular complexity index is 854. The number of para-hydroxylation sites is 1. The number of thioether (sulfide) groups is 1. The first kappa shape index (κ1) is 22.2. The highest BCUT2D eigenvalue weighted by atomic mass is 32.2. The third-order valence-electron chi connectivity index (χ3n) is 5.30. The molecule has 0 saturated carbocycles. The smallest absolute Gasteiger partial charge is 0.294 e. The molecule has 0 aliphatic carbocycles. The van der Waals surface area contributed by atoms with E-state index in [-0.39, 0.29) is 30.0 Å². The highest BCUT2D eigenvalue weighted by Gasteiger charge is 2.38. The zero-order valence-electron chi connectivity index (χ0n) is 17.1. The van der Waals surface area contributed by atoms with Crippen LogP contribution in [0, 0.1) is 0 Å². The predicted octanol–water partition coefficient (Wildman–Crippen LogP) is 2.50. The van der Waals surface area contributed by atoms with Gasteiger partial charge in [-0.15, -0.1) is 0 Å². The van der Waals surface area contributed by atoms with Gasteiger partial charge < -0.3 is 19.5 Å². The number of aliphatic hydroxyl groups is 1. The SMILES string of the molecule is COc1cccc(/C=C2\SC(=O)N(CC(=O)N3CCCC[C@H]3CCO)C2=O)c1OC. The molecule has 1 aromatic rings. The molecule has 0 bridgehead atoms. The Morgan fingerprint density at radius 1 is 1.27 bits per heavy atom. The lowest BCUT2D eigenvalue weighted by Crippen LogP contribution is -2.49. The molecule has 162 valence electrons. The van der Waals surface area contributed by atoms with Crippen molar-refractivity contribution in [3.63, 3.8) is 0 Å². The minimum absolute atomic E-state index is 0.00112. The molecule has 1 atom stereocenters. The van der Waals surface area contributed by atoms with Crippen LogP contribution in [0.5, 0.6) is 11.5 Å². The van der Waals surface area contributed by atoms with Crippen molar-refractivity contribution in [2.24, 2.45) is 0 Å². The first-order chi connectivity index (χ1) is 14.5. The summed E-state index contributed by atoms with van der Waals surface area (Å²) in [6.45, 7) is 0.289. The second-order valence-electron chi connectivity index (χ2n) is 7.10. The van der Waals surface area contributed by atoms with Crippen LogP contribution in [0.15, 0.2) is 23.1 Å². The summed E-state index contributed by atoms with van der Waals surface area (Å²) in [4.78, 5) is 41.0. The number of aliphatic hydroxyl groups excluding tert-OH is 1. The number of ether oxygens (including phenoxy) is 2. The summed E-state index contributed by atoms with van der Waals surface area (Å²) in [5.74, 6) is 0.207. The minimum Gasteiger partial charge on any atom is -0.493 e. The highest BCUT2D eigenvalue weighted by Crippen LogP contribution is 2.37. The van der Waals surface area contributed by atoms with E-state index in [4.69, 9.17) is 9.47 Å². The fraction of sp³-hybridized carbons (Fsp3) is 0.476. The van der Waals surface area contributed by atoms with Crippen molar-refractivity contribution in [3.05, 3.63) is 28.7 Å². The molecule has 2 saturated heterocycles. The fourth-order valence-corrected chi connectivity index (χ4v) is 4.64. The molecule has 30 heavy (non-hydrogen) atoms. The Kier molecular flexibility index (Phi) is 7.38. The zero-order chi connectivity index (χ0) is 21.7. The van der Waals surface area contributed by atoms with Gasteiger partial charge in [-0.2, -0.15) is 0 Å². The molecule has 2 heterocycles. The molecule has 3 amide bonds. The molecule has 3 rings (SSSR count). The summed E-state index contributed by atoms with van der Waals surface area (Å²) >= 11 is 0.800. The lowest BCUT2D eigenvalue weighted by molar-refractivity contribution is -0.139. The molecule has 2 aliphatic rings. The van der Waals surface area contributed by atoms with E-state index in [1.54, 1.807) is 29.2 Å². The van der Waals surface area contributed by atoms with Crippen LogP contribution >= 0.6 is 11.8 Å². The normalized spacial score (nSPS) is 20.8. The second kappa shape index (κ2) is 9.99. The van der Waals surface area contributed by atoms with E-state index < -0.39 is 11.1 Å². The van der Waals surface area contributed by atoms with E-state index in [1.807, 2.05) is 0 Å². The van der Waals surface area contributed by atoms with E-state index in [2.05, 4.69) is 0 Å². The van der Waals surface area contributed by atoms with Gasteiger partial charge in [0.1, 0.15) is 6.54 Å². The summed E-state index contributed by atoms with van der Waals surface area (Å²) in [5.41, 5.74) is 0.604. The molecule has 0 radical (unpaired) electrons. The molecule has 0 spiro atoms. The lowest BCUT2D eigenvalue weighted by atomic mass is 9.99. The first-order valence-electron chi connectivity index (χ1n) is 9.86. The molecule has 1 N–H and O–H groups in total. The van der Waals surface area contributed by atoms with Crippen molar-refractivity contribution in [2.75, 3.05) is 33.9 Å². The maximum Gasteiger partial charge on any atom is 0.294 e. The molecule has 8 nitrogen and oxygen atoms in total. The van der Waals surface area contributed by atoms with E-state index >= 15 is 0 Å². The Morgan fingerprint density at radius 3 is 2.77 bits per heavy atom. The van der Waals surface area contributed by atoms with E-state index in [9.17, 15) is 19.5 Å². The maximum absolute atomic E-state index is 12.8. The van der Waals surface area contributed by atoms with Crippen molar-refractivity contribution < 1.29 is 29.0 Å². The number of methoxy groups -OCH3 is 2. The van der Waals surface area contributed by atoms with Gasteiger partial charge in [-0.05, 0) is 49.6 Å². The molecule has 1 aromatic carbocycles. The zero-order valence-corrected chi connectivity index (χ0v) is 17.9. The van der Waals surface area contributed by atoms with Crippen LogP contribution in [0.1, 0.15) is 31.2 Å². The number of carbonyl (C=O) groups is 3. The largest absolute Gasteiger partial charge is 0.493 e. The Labute approximate surface area is 179 Å². The topological polar surface area (TPSA) is 96.4 Å². The quantitative estimate of drug-likeness (QED) is 0.659. The number of amides is 3. The molecule has 0 unspecified atom stereocenters. The first-order valence-corrected chi connectivity index (χ1v) is 10.7. The predicted molar refractivity (Wildman–Crippen MR) is 113 cm³/mol. The van der Waals surface area contributed by atoms with Gasteiger partial charge in [0.25, 0.3) is 11.1 Å². The number of rotatable bonds is 7. The van der Waals surface area contributed by atoms with Crippen molar-refractivity contribution in [3.8, 4) is 11.5 Å². The van der Waals surface area contributed by atoms with Crippen LogP contribution in [-0.2, 0) is 9.59 Å². The van der Waals surface area contributed by atoms with Crippen LogP contribution in [-0.4, -0.2) is 71.9 Å². The van der Waals surface area contributed by atoms with E-state index in [0.29, 0.717) is 30.0 Å². The van der Waals surface area contributed by atoms with Gasteiger partial charge in [0.2, 0.25) is 5.91 Å². The summed E-state index contributed by atoms with van der Waals surface area (Å²) < 4.78 is 10.6. The maximum atomic E-state index is 12.8. The van der Waals surface area contributed by atoms with Crippen LogP contribution in [0.2, 0.25) is 0 Å². The second-order valence-corrected chi connectivity index (χ2v) is 8.09. The molecular formula is C21H26N2O6S. The van der Waals surface area contributed by atoms with Crippen molar-refractivity contribution in [1.29, 1.82) is 0 Å². The van der Waals surface area contributed by atoms with Gasteiger partial charge in [-0.25, -0.2) is 0 Å². The standard InChI is InChI=1S/C21H26N2O6S/c1-28-16-8-5-6-14(19(16)29-2)12-17-20(26)23(21(27)30-17)13-18(25)22-10-4-3-7-15(22)9-11-24/h5-6,8,12,15,24H,3-4,7,9-11,13H2,1-2H3/b17-12-/t15-/m0/s1. The van der Waals surface area contributed by atoms with Crippen molar-refractivity contribution in [2.45, 2.75) is 31.7 Å². The van der Waals surface area contributed by atoms with Crippen molar-refractivity contribution in [1.82, 2.24) is 9.80 Å². The van der Waals surface area contributed by atoms with Gasteiger partial charge >= 0.3 is 0 Å². The molecular weight excluding hydrogens is 408 g/mol. The number of imide groups is 1. The number of benzene rings is 1. The Balaban J connectivity index is 1.77. The van der Waals surface area contributed by atoms with Crippen LogP contribution in [0.3, 0.4) is 0 Å². The monoisotopic (exact) mass is 434 g/mol. The molecule has 2 aliphatic heterocycles. The Morgan fingerprint density at radius 2 is 2.07 bits per heavy atom. The number of nitrogens with zero attached hydrogens (tertiary/aromatic N) is 2. The minimum atomic E-state index is -0.501. The molecule has 0 aromatic heterocycles. The van der Waals surface area contributed by atoms with Gasteiger partial charge in [0.15, 0.2) is 11.5 Å². The average Bonchev–Trinajstić information content (AvgIpc) is 3.01. The van der Waals surface area contributed by atoms with Gasteiger partial charge in [-0.1, -0.05) is 12.1 Å². The molecule has 9 heteroatoms. The van der Waals surface area contributed by atoms with Crippen molar-refractivity contribution >= 4 is 34.9 Å². The third-order valence-corrected chi connectivity index (χ3v) is 6.20. The lowest BCUT2D eigenvalue weighted by Gasteiger charge is -2.36. The van der Waals surface area contributed by atoms with Crippen LogP contribution < -0.4 is 9.47 Å². The third kappa shape index (κ3) is 4.62. The summed E-state index contributed by atoms with van der Waals surface area (Å²) in [5, 5.41) is 8.78. The van der Waals surface area contributed by atoms with Crippen LogP contribution in [0.4, 0.5) is 4.79 Å². The number of likely N-dealkylation sites (tertiary alicyclic amines) is 1. The average molecular weight is 435 g/mol. The summed E-state index contributed by atoms with van der Waals surface area (Å²) in [7, 11) is 3.02. The number of carbonyl (C=O) groups excluding carboxylic acids is 3. The van der Waals surface area contributed by atoms with Crippen LogP contribution in [0.25, 0.3) is 6.08 Å². The van der Waals surface area contributed by atoms with E-state index in [0.717, 1.165) is 35.9 Å². The Hall–Kier alpha value is -2.52. The number of hydrogen-bond acceptors (Lipinski definition) is 7. The van der Waals surface area contributed by atoms with Gasteiger partial charge in [-0.3, -0.25) is 19.3 Å².